The molecule has 0 aliphatic heterocycles. The number of rotatable bonds is 8. The fourth-order valence-corrected chi connectivity index (χ4v) is 4.69. The first kappa shape index (κ1) is 26.7. The molecule has 10 heteroatoms. The summed E-state index contributed by atoms with van der Waals surface area (Å²) in [6, 6.07) is 10.0. The molecule has 0 radical (unpaired) electrons. The van der Waals surface area contributed by atoms with Crippen molar-refractivity contribution in [1.29, 1.82) is 5.26 Å². The lowest BCUT2D eigenvalue weighted by molar-refractivity contribution is 0.00926. The van der Waals surface area contributed by atoms with Crippen molar-refractivity contribution in [2.24, 2.45) is 5.41 Å². The Kier molecular flexibility index (Phi) is 9.31. The molecule has 5 N–H and O–H groups in total. The Morgan fingerprint density at radius 2 is 1.97 bits per heavy atom. The molecule has 180 valence electrons. The van der Waals surface area contributed by atoms with Crippen molar-refractivity contribution in [1.82, 2.24) is 14.3 Å². The number of nitrogens with zero attached hydrogens (tertiary/aromatic N) is 4. The van der Waals surface area contributed by atoms with Gasteiger partial charge in [-0.1, -0.05) is 26.0 Å². The Hall–Kier alpha value is -2.58. The van der Waals surface area contributed by atoms with Crippen molar-refractivity contribution in [3.8, 4) is 6.07 Å². The van der Waals surface area contributed by atoms with E-state index >= 15 is 0 Å². The van der Waals surface area contributed by atoms with E-state index in [1.807, 2.05) is 24.3 Å². The summed E-state index contributed by atoms with van der Waals surface area (Å²) in [5.41, 5.74) is 1.35. The average molecular weight is 475 g/mol. The van der Waals surface area contributed by atoms with Gasteiger partial charge in [0.25, 0.3) is 0 Å². The molecule has 1 aromatic carbocycles. The number of anilines is 2. The van der Waals surface area contributed by atoms with E-state index in [0.717, 1.165) is 36.1 Å². The molecule has 3 atom stereocenters. The number of aliphatic hydroxyl groups excluding tert-OH is 1. The summed E-state index contributed by atoms with van der Waals surface area (Å²) >= 11 is 0. The minimum Gasteiger partial charge on any atom is -0.412 e. The van der Waals surface area contributed by atoms with E-state index in [1.165, 1.54) is 6.20 Å². The van der Waals surface area contributed by atoms with Gasteiger partial charge in [-0.15, -0.1) is 0 Å². The molecule has 0 bridgehead atoms. The van der Waals surface area contributed by atoms with Crippen LogP contribution in [0, 0.1) is 16.7 Å². The van der Waals surface area contributed by atoms with Gasteiger partial charge in [0.15, 0.2) is 0 Å². The van der Waals surface area contributed by atoms with Gasteiger partial charge in [0, 0.05) is 12.6 Å². The maximum absolute atomic E-state index is 12.1. The van der Waals surface area contributed by atoms with Crippen LogP contribution in [0.2, 0.25) is 0 Å². The Morgan fingerprint density at radius 1 is 1.27 bits per heavy atom. The lowest BCUT2D eigenvalue weighted by Crippen LogP contribution is -2.41. The van der Waals surface area contributed by atoms with E-state index in [2.05, 4.69) is 40.5 Å². The first-order valence-corrected chi connectivity index (χ1v) is 11.9. The van der Waals surface area contributed by atoms with Crippen LogP contribution in [0.1, 0.15) is 44.2 Å². The Balaban J connectivity index is 0.00000385. The molecule has 1 saturated carbocycles. The number of benzene rings is 1. The number of aliphatic hydroxyl groups is 1. The lowest BCUT2D eigenvalue weighted by Gasteiger charge is -2.40. The quantitative estimate of drug-likeness (QED) is 0.531. The van der Waals surface area contributed by atoms with Crippen molar-refractivity contribution < 1.29 is 14.8 Å². The monoisotopic (exact) mass is 474 g/mol. The highest BCUT2D eigenvalue weighted by Crippen LogP contribution is 2.36. The van der Waals surface area contributed by atoms with Gasteiger partial charge in [-0.2, -0.15) is 10.2 Å². The van der Waals surface area contributed by atoms with Crippen LogP contribution in [0.5, 0.6) is 0 Å². The Labute approximate surface area is 198 Å². The highest BCUT2D eigenvalue weighted by atomic mass is 32.2. The van der Waals surface area contributed by atoms with Crippen molar-refractivity contribution >= 4 is 22.8 Å². The van der Waals surface area contributed by atoms with Crippen LogP contribution in [0.4, 0.5) is 11.8 Å². The van der Waals surface area contributed by atoms with Gasteiger partial charge in [0.2, 0.25) is 5.95 Å². The molecule has 1 aliphatic carbocycles. The summed E-state index contributed by atoms with van der Waals surface area (Å²) < 4.78 is 13.8. The average Bonchev–Trinajstić information content (AvgIpc) is 2.76. The minimum absolute atomic E-state index is 0. The normalized spacial score (nSPS) is 20.4. The van der Waals surface area contributed by atoms with Gasteiger partial charge in [-0.25, -0.2) is 13.5 Å². The van der Waals surface area contributed by atoms with Crippen LogP contribution in [-0.2, 0) is 17.4 Å². The maximum atomic E-state index is 12.1. The van der Waals surface area contributed by atoms with Gasteiger partial charge in [-0.05, 0) is 62.9 Å². The Bertz CT molecular complexity index is 991. The molecule has 0 spiro atoms. The molecule has 0 saturated heterocycles. The minimum atomic E-state index is -1.14. The summed E-state index contributed by atoms with van der Waals surface area (Å²) in [5, 5.41) is 26.3. The molecule has 1 heterocycles. The molecule has 1 aliphatic rings. The van der Waals surface area contributed by atoms with Gasteiger partial charge >= 0.3 is 0 Å². The van der Waals surface area contributed by atoms with E-state index in [1.54, 1.807) is 18.4 Å². The van der Waals surface area contributed by atoms with E-state index < -0.39 is 11.0 Å². The topological polar surface area (TPSA) is 146 Å². The molecule has 2 aromatic rings. The highest BCUT2D eigenvalue weighted by Gasteiger charge is 2.35. The molecule has 9 nitrogen and oxygen atoms in total. The summed E-state index contributed by atoms with van der Waals surface area (Å²) in [6.45, 7) is 4.76. The standard InChI is InChI=1S/C23H32N6O2S.H2O/c1-23(2)13-18(7-10-20(23)30)27-21-17(14-24)15-26-22(28-21)25-12-11-16-5-8-19(9-6-16)32(31)29(3)4;/h5-6,8-9,15,18,20,30H,7,10-13H2,1-4H3,(H2,25,26,27,28);1H2/t18-,20+,32?;/m1./s1. The number of nitriles is 1. The predicted octanol–water partition coefficient (Wildman–Crippen LogP) is 2.11. The van der Waals surface area contributed by atoms with Crippen LogP contribution >= 0.6 is 0 Å². The van der Waals surface area contributed by atoms with Gasteiger partial charge in [0.1, 0.15) is 28.4 Å². The zero-order valence-corrected chi connectivity index (χ0v) is 20.4. The third-order valence-corrected chi connectivity index (χ3v) is 7.21. The van der Waals surface area contributed by atoms with Crippen molar-refractivity contribution in [2.45, 2.75) is 56.6 Å². The lowest BCUT2D eigenvalue weighted by atomic mass is 9.73. The third-order valence-electron chi connectivity index (χ3n) is 5.87. The summed E-state index contributed by atoms with van der Waals surface area (Å²) in [4.78, 5) is 9.56. The van der Waals surface area contributed by atoms with Crippen LogP contribution in [0.3, 0.4) is 0 Å². The first-order valence-electron chi connectivity index (χ1n) is 10.8. The highest BCUT2D eigenvalue weighted by molar-refractivity contribution is 7.82. The first-order chi connectivity index (χ1) is 15.2. The molecule has 33 heavy (non-hydrogen) atoms. The second kappa shape index (κ2) is 11.5. The van der Waals surface area contributed by atoms with Crippen molar-refractivity contribution in [3.05, 3.63) is 41.6 Å². The fourth-order valence-electron chi connectivity index (χ4n) is 3.90. The van der Waals surface area contributed by atoms with E-state index in [-0.39, 0.29) is 23.0 Å². The SMILES string of the molecule is CN(C)S(=O)c1ccc(CCNc2ncc(C#N)c(N[C@@H]3CC[C@H](O)C(C)(C)C3)n2)cc1.O. The van der Waals surface area contributed by atoms with E-state index in [4.69, 9.17) is 0 Å². The molecule has 1 unspecified atom stereocenters. The predicted molar refractivity (Wildman–Crippen MR) is 130 cm³/mol. The number of hydrogen-bond donors (Lipinski definition) is 3. The number of hydrogen-bond acceptors (Lipinski definition) is 7. The number of nitrogens with one attached hydrogen (secondary N) is 2. The summed E-state index contributed by atoms with van der Waals surface area (Å²) in [7, 11) is 2.42. The summed E-state index contributed by atoms with van der Waals surface area (Å²) in [5.74, 6) is 0.990. The van der Waals surface area contributed by atoms with Crippen LogP contribution in [0.25, 0.3) is 0 Å². The van der Waals surface area contributed by atoms with Crippen LogP contribution in [-0.4, -0.2) is 61.9 Å². The third kappa shape index (κ3) is 6.95. The van der Waals surface area contributed by atoms with Gasteiger partial charge in [0.05, 0.1) is 17.2 Å². The van der Waals surface area contributed by atoms with Crippen LogP contribution in [0.15, 0.2) is 35.4 Å². The molecule has 1 fully saturated rings. The largest absolute Gasteiger partial charge is 0.412 e. The maximum Gasteiger partial charge on any atom is 0.224 e. The zero-order valence-electron chi connectivity index (χ0n) is 19.6. The molecule has 0 amide bonds. The number of aromatic nitrogens is 2. The van der Waals surface area contributed by atoms with E-state index in [0.29, 0.717) is 23.9 Å². The zero-order chi connectivity index (χ0) is 23.3. The fraction of sp³-hybridized carbons (Fsp3) is 0.522. The van der Waals surface area contributed by atoms with Gasteiger partial charge < -0.3 is 21.2 Å². The second-order valence-corrected chi connectivity index (χ2v) is 10.8. The smallest absolute Gasteiger partial charge is 0.224 e. The molecule has 3 rings (SSSR count). The van der Waals surface area contributed by atoms with Crippen molar-refractivity contribution in [2.75, 3.05) is 31.3 Å². The molecule has 1 aromatic heterocycles. The molecular weight excluding hydrogens is 440 g/mol. The van der Waals surface area contributed by atoms with E-state index in [9.17, 15) is 14.6 Å². The Morgan fingerprint density at radius 3 is 2.58 bits per heavy atom. The van der Waals surface area contributed by atoms with Crippen LogP contribution < -0.4 is 10.6 Å². The summed E-state index contributed by atoms with van der Waals surface area (Å²) in [6.07, 6.45) is 4.35. The second-order valence-electron chi connectivity index (χ2n) is 9.08. The van der Waals surface area contributed by atoms with Gasteiger partial charge in [-0.3, -0.25) is 0 Å². The molecular formula is C23H34N6O3S. The van der Waals surface area contributed by atoms with Crippen molar-refractivity contribution in [3.63, 3.8) is 0 Å².